The molecule has 3 nitrogen and oxygen atoms in total. The van der Waals surface area contributed by atoms with Gasteiger partial charge in [0, 0.05) is 0 Å². The zero-order valence-electron chi connectivity index (χ0n) is 8.58. The molecule has 0 spiro atoms. The number of aryl methyl sites for hydroxylation is 1. The summed E-state index contributed by atoms with van der Waals surface area (Å²) in [7, 11) is 1.74. The van der Waals surface area contributed by atoms with Crippen LogP contribution in [-0.4, -0.2) is 19.0 Å². The minimum Gasteiger partial charge on any atom is -0.368 e. The molecule has 0 fully saturated rings. The van der Waals surface area contributed by atoms with E-state index in [1.165, 1.54) is 5.56 Å². The Kier molecular flexibility index (Phi) is 3.65. The smallest absolute Gasteiger partial charge is 0.234 e. The van der Waals surface area contributed by atoms with Gasteiger partial charge in [-0.15, -0.1) is 0 Å². The molecule has 0 aliphatic carbocycles. The van der Waals surface area contributed by atoms with Crippen molar-refractivity contribution in [3.8, 4) is 0 Å². The van der Waals surface area contributed by atoms with Gasteiger partial charge in [0.2, 0.25) is 5.91 Å². The fourth-order valence-corrected chi connectivity index (χ4v) is 1.42. The van der Waals surface area contributed by atoms with Gasteiger partial charge in [-0.2, -0.15) is 0 Å². The topological polar surface area (TPSA) is 55.1 Å². The number of hydrogen-bond acceptors (Lipinski definition) is 2. The van der Waals surface area contributed by atoms with Gasteiger partial charge in [-0.25, -0.2) is 0 Å². The quantitative estimate of drug-likeness (QED) is 0.734. The van der Waals surface area contributed by atoms with Gasteiger partial charge in [0.15, 0.2) is 0 Å². The Labute approximate surface area is 84.3 Å². The van der Waals surface area contributed by atoms with E-state index >= 15 is 0 Å². The number of nitrogens with two attached hydrogens (primary N) is 1. The number of hydrogen-bond donors (Lipinski definition) is 2. The van der Waals surface area contributed by atoms with E-state index in [1.807, 2.05) is 25.1 Å². The third-order valence-corrected chi connectivity index (χ3v) is 2.21. The molecule has 0 heterocycles. The lowest BCUT2D eigenvalue weighted by molar-refractivity contribution is -0.119. The number of primary amides is 1. The van der Waals surface area contributed by atoms with Crippen molar-refractivity contribution < 1.29 is 4.79 Å². The van der Waals surface area contributed by atoms with Crippen molar-refractivity contribution in [1.82, 2.24) is 5.32 Å². The van der Waals surface area contributed by atoms with Crippen molar-refractivity contribution in [2.75, 3.05) is 7.05 Å². The van der Waals surface area contributed by atoms with Crippen molar-refractivity contribution in [1.29, 1.82) is 0 Å². The zero-order valence-corrected chi connectivity index (χ0v) is 8.58. The summed E-state index contributed by atoms with van der Waals surface area (Å²) in [4.78, 5) is 11.0. The van der Waals surface area contributed by atoms with Crippen LogP contribution in [0.2, 0.25) is 0 Å². The average molecular weight is 192 g/mol. The van der Waals surface area contributed by atoms with Crippen LogP contribution in [0.4, 0.5) is 0 Å². The third-order valence-electron chi connectivity index (χ3n) is 2.21. The van der Waals surface area contributed by atoms with E-state index in [0.717, 1.165) is 5.56 Å². The molecule has 0 aliphatic rings. The number of nitrogens with one attached hydrogen (secondary N) is 1. The predicted octanol–water partition coefficient (Wildman–Crippen LogP) is 0.611. The molecule has 0 saturated heterocycles. The fraction of sp³-hybridized carbons (Fsp3) is 0.364. The number of carbonyl (C=O) groups is 1. The Morgan fingerprint density at radius 1 is 1.57 bits per heavy atom. The van der Waals surface area contributed by atoms with Crippen LogP contribution in [0.3, 0.4) is 0 Å². The Morgan fingerprint density at radius 3 is 2.79 bits per heavy atom. The lowest BCUT2D eigenvalue weighted by Gasteiger charge is -2.12. The molecule has 3 N–H and O–H groups in total. The van der Waals surface area contributed by atoms with E-state index in [2.05, 4.69) is 11.4 Å². The second-order valence-electron chi connectivity index (χ2n) is 3.44. The normalized spacial score (nSPS) is 12.4. The first-order chi connectivity index (χ1) is 6.63. The molecule has 1 amide bonds. The van der Waals surface area contributed by atoms with E-state index in [9.17, 15) is 4.79 Å². The molecule has 0 saturated carbocycles. The minimum absolute atomic E-state index is 0.281. The predicted molar refractivity (Wildman–Crippen MR) is 56.9 cm³/mol. The van der Waals surface area contributed by atoms with Crippen molar-refractivity contribution in [3.05, 3.63) is 35.4 Å². The van der Waals surface area contributed by atoms with Crippen molar-refractivity contribution in [2.24, 2.45) is 5.73 Å². The first-order valence-corrected chi connectivity index (χ1v) is 4.65. The lowest BCUT2D eigenvalue weighted by atomic mass is 10.0. The molecular weight excluding hydrogens is 176 g/mol. The monoisotopic (exact) mass is 192 g/mol. The Morgan fingerprint density at radius 2 is 2.29 bits per heavy atom. The summed E-state index contributed by atoms with van der Waals surface area (Å²) in [5.41, 5.74) is 7.56. The number of rotatable bonds is 4. The molecule has 1 rings (SSSR count). The summed E-state index contributed by atoms with van der Waals surface area (Å²) in [5.74, 6) is -0.311. The summed E-state index contributed by atoms with van der Waals surface area (Å²) in [5, 5.41) is 2.89. The number of carbonyl (C=O) groups excluding carboxylic acids is 1. The van der Waals surface area contributed by atoms with Crippen molar-refractivity contribution in [3.63, 3.8) is 0 Å². The highest BCUT2D eigenvalue weighted by atomic mass is 16.1. The highest BCUT2D eigenvalue weighted by Gasteiger charge is 2.12. The van der Waals surface area contributed by atoms with Gasteiger partial charge >= 0.3 is 0 Å². The van der Waals surface area contributed by atoms with E-state index < -0.39 is 0 Å². The molecule has 0 radical (unpaired) electrons. The molecular formula is C11H16N2O. The Bertz CT molecular complexity index is 323. The Balaban J connectivity index is 2.72. The average Bonchev–Trinajstić information content (AvgIpc) is 2.14. The van der Waals surface area contributed by atoms with Crippen LogP contribution in [0.5, 0.6) is 0 Å². The maximum absolute atomic E-state index is 11.0. The van der Waals surface area contributed by atoms with E-state index in [1.54, 1.807) is 7.05 Å². The highest BCUT2D eigenvalue weighted by molar-refractivity contribution is 5.80. The molecule has 1 unspecified atom stereocenters. The van der Waals surface area contributed by atoms with Crippen LogP contribution >= 0.6 is 0 Å². The largest absolute Gasteiger partial charge is 0.368 e. The highest BCUT2D eigenvalue weighted by Crippen LogP contribution is 2.06. The molecule has 1 atom stereocenters. The van der Waals surface area contributed by atoms with Gasteiger partial charge in [-0.1, -0.05) is 29.8 Å². The summed E-state index contributed by atoms with van der Waals surface area (Å²) in [6, 6.07) is 7.80. The molecule has 0 bridgehead atoms. The Hall–Kier alpha value is -1.35. The van der Waals surface area contributed by atoms with Gasteiger partial charge in [0.05, 0.1) is 6.04 Å². The van der Waals surface area contributed by atoms with Crippen molar-refractivity contribution in [2.45, 2.75) is 19.4 Å². The van der Waals surface area contributed by atoms with Gasteiger partial charge in [-0.05, 0) is 26.0 Å². The maximum Gasteiger partial charge on any atom is 0.234 e. The number of benzene rings is 1. The van der Waals surface area contributed by atoms with Crippen molar-refractivity contribution >= 4 is 5.91 Å². The maximum atomic E-state index is 11.0. The van der Waals surface area contributed by atoms with Crippen LogP contribution in [0.25, 0.3) is 0 Å². The lowest BCUT2D eigenvalue weighted by Crippen LogP contribution is -2.40. The SMILES string of the molecule is CNC(Cc1cccc(C)c1)C(N)=O. The molecule has 76 valence electrons. The molecule has 1 aromatic carbocycles. The van der Waals surface area contributed by atoms with Crippen LogP contribution in [0.15, 0.2) is 24.3 Å². The summed E-state index contributed by atoms with van der Waals surface area (Å²) in [6.45, 7) is 2.03. The van der Waals surface area contributed by atoms with Crippen LogP contribution in [0.1, 0.15) is 11.1 Å². The van der Waals surface area contributed by atoms with Crippen LogP contribution < -0.4 is 11.1 Å². The summed E-state index contributed by atoms with van der Waals surface area (Å²) >= 11 is 0. The number of amides is 1. The second-order valence-corrected chi connectivity index (χ2v) is 3.44. The summed E-state index contributed by atoms with van der Waals surface area (Å²) in [6.07, 6.45) is 0.646. The van der Waals surface area contributed by atoms with Gasteiger partial charge < -0.3 is 11.1 Å². The van der Waals surface area contributed by atoms with Gasteiger partial charge in [0.25, 0.3) is 0 Å². The molecule has 1 aromatic rings. The molecule has 0 aromatic heterocycles. The number of likely N-dealkylation sites (N-methyl/N-ethyl adjacent to an activating group) is 1. The van der Waals surface area contributed by atoms with Gasteiger partial charge in [0.1, 0.15) is 0 Å². The molecule has 3 heteroatoms. The fourth-order valence-electron chi connectivity index (χ4n) is 1.42. The molecule has 14 heavy (non-hydrogen) atoms. The van der Waals surface area contributed by atoms with Crippen LogP contribution in [0, 0.1) is 6.92 Å². The van der Waals surface area contributed by atoms with E-state index in [-0.39, 0.29) is 11.9 Å². The zero-order chi connectivity index (χ0) is 10.6. The standard InChI is InChI=1S/C11H16N2O/c1-8-4-3-5-9(6-8)7-10(13-2)11(12)14/h3-6,10,13H,7H2,1-2H3,(H2,12,14). The molecule has 0 aliphatic heterocycles. The summed E-state index contributed by atoms with van der Waals surface area (Å²) < 4.78 is 0. The third kappa shape index (κ3) is 2.85. The second kappa shape index (κ2) is 4.77. The minimum atomic E-state index is -0.311. The first-order valence-electron chi connectivity index (χ1n) is 4.65. The first kappa shape index (κ1) is 10.7. The van der Waals surface area contributed by atoms with E-state index in [0.29, 0.717) is 6.42 Å². The van der Waals surface area contributed by atoms with Gasteiger partial charge in [-0.3, -0.25) is 4.79 Å². The van der Waals surface area contributed by atoms with Crippen LogP contribution in [-0.2, 0) is 11.2 Å². The van der Waals surface area contributed by atoms with E-state index in [4.69, 9.17) is 5.73 Å².